The Labute approximate surface area is 171 Å². The van der Waals surface area contributed by atoms with E-state index in [1.54, 1.807) is 6.33 Å². The summed E-state index contributed by atoms with van der Waals surface area (Å²) in [7, 11) is 0. The van der Waals surface area contributed by atoms with E-state index in [-0.39, 0.29) is 17.9 Å². The molecular weight excluding hydrogens is 360 g/mol. The molecule has 2 atom stereocenters. The van der Waals surface area contributed by atoms with Crippen molar-refractivity contribution in [3.05, 3.63) is 78.6 Å². The molecule has 0 saturated carbocycles. The van der Waals surface area contributed by atoms with E-state index in [4.69, 9.17) is 0 Å². The zero-order chi connectivity index (χ0) is 20.1. The van der Waals surface area contributed by atoms with Crippen molar-refractivity contribution in [1.82, 2.24) is 15.3 Å². The number of anilines is 1. The second-order valence-corrected chi connectivity index (χ2v) is 7.55. The Morgan fingerprint density at radius 3 is 2.55 bits per heavy atom. The van der Waals surface area contributed by atoms with E-state index < -0.39 is 0 Å². The van der Waals surface area contributed by atoms with Crippen LogP contribution in [-0.4, -0.2) is 29.0 Å². The van der Waals surface area contributed by atoms with Crippen LogP contribution in [0.25, 0.3) is 11.3 Å². The van der Waals surface area contributed by atoms with Gasteiger partial charge in [-0.3, -0.25) is 4.79 Å². The third-order valence-corrected chi connectivity index (χ3v) is 5.50. The largest absolute Gasteiger partial charge is 0.356 e. The van der Waals surface area contributed by atoms with Crippen LogP contribution >= 0.6 is 0 Å². The molecule has 29 heavy (non-hydrogen) atoms. The fourth-order valence-electron chi connectivity index (χ4n) is 3.84. The number of nitrogens with one attached hydrogen (secondary N) is 1. The molecule has 1 amide bonds. The Balaban J connectivity index is 1.44. The fraction of sp³-hybridized carbons (Fsp3) is 0.292. The average molecular weight is 386 g/mol. The first-order chi connectivity index (χ1) is 14.2. The molecule has 1 aromatic heterocycles. The highest BCUT2D eigenvalue weighted by atomic mass is 16.2. The van der Waals surface area contributed by atoms with Gasteiger partial charge in [-0.15, -0.1) is 0 Å². The Hall–Kier alpha value is -3.21. The van der Waals surface area contributed by atoms with E-state index in [0.717, 1.165) is 42.0 Å². The predicted octanol–water partition coefficient (Wildman–Crippen LogP) is 4.24. The van der Waals surface area contributed by atoms with Crippen molar-refractivity contribution in [2.75, 3.05) is 18.0 Å². The molecule has 3 aromatic rings. The molecule has 1 fully saturated rings. The highest BCUT2D eigenvalue weighted by Crippen LogP contribution is 2.25. The summed E-state index contributed by atoms with van der Waals surface area (Å²) in [4.78, 5) is 24.0. The van der Waals surface area contributed by atoms with Crippen molar-refractivity contribution in [3.63, 3.8) is 0 Å². The van der Waals surface area contributed by atoms with E-state index in [1.165, 1.54) is 0 Å². The van der Waals surface area contributed by atoms with Gasteiger partial charge in [0.1, 0.15) is 12.1 Å². The first-order valence-electron chi connectivity index (χ1n) is 10.2. The van der Waals surface area contributed by atoms with Gasteiger partial charge in [-0.2, -0.15) is 0 Å². The summed E-state index contributed by atoms with van der Waals surface area (Å²) < 4.78 is 0. The van der Waals surface area contributed by atoms with Gasteiger partial charge in [-0.25, -0.2) is 9.97 Å². The SMILES string of the molecule is CC(NC(=O)C1CCCN(c2cc(-c3ccccc3)ncn2)C1)c1ccccc1. The van der Waals surface area contributed by atoms with Crippen LogP contribution in [0.3, 0.4) is 0 Å². The molecule has 0 aliphatic carbocycles. The van der Waals surface area contributed by atoms with E-state index in [1.807, 2.05) is 73.7 Å². The fourth-order valence-corrected chi connectivity index (χ4v) is 3.84. The molecule has 0 bridgehead atoms. The summed E-state index contributed by atoms with van der Waals surface area (Å²) in [6.45, 7) is 3.62. The van der Waals surface area contributed by atoms with Crippen LogP contribution in [0.2, 0.25) is 0 Å². The molecule has 4 rings (SSSR count). The average Bonchev–Trinajstić information content (AvgIpc) is 2.80. The Morgan fingerprint density at radius 2 is 1.79 bits per heavy atom. The third kappa shape index (κ3) is 4.62. The number of carbonyl (C=O) groups is 1. The Kier molecular flexibility index (Phi) is 5.84. The van der Waals surface area contributed by atoms with Crippen LogP contribution in [0.4, 0.5) is 5.82 Å². The van der Waals surface area contributed by atoms with E-state index >= 15 is 0 Å². The van der Waals surface area contributed by atoms with Gasteiger partial charge in [0.25, 0.3) is 0 Å². The summed E-state index contributed by atoms with van der Waals surface area (Å²) in [6.07, 6.45) is 3.49. The summed E-state index contributed by atoms with van der Waals surface area (Å²) >= 11 is 0. The van der Waals surface area contributed by atoms with Gasteiger partial charge in [-0.1, -0.05) is 60.7 Å². The van der Waals surface area contributed by atoms with Crippen molar-refractivity contribution in [2.24, 2.45) is 5.92 Å². The van der Waals surface area contributed by atoms with Crippen LogP contribution in [0, 0.1) is 5.92 Å². The quantitative estimate of drug-likeness (QED) is 0.713. The standard InChI is InChI=1S/C24H26N4O/c1-18(19-9-4-2-5-10-19)27-24(29)21-13-8-14-28(16-21)23-15-22(25-17-26-23)20-11-6-3-7-12-20/h2-7,9-12,15,17-18,21H,8,13-14,16H2,1H3,(H,27,29). The number of piperidine rings is 1. The number of carbonyl (C=O) groups excluding carboxylic acids is 1. The molecule has 2 aromatic carbocycles. The smallest absolute Gasteiger partial charge is 0.225 e. The van der Waals surface area contributed by atoms with Crippen LogP contribution in [0.1, 0.15) is 31.4 Å². The molecule has 5 nitrogen and oxygen atoms in total. The summed E-state index contributed by atoms with van der Waals surface area (Å²) in [5.41, 5.74) is 3.09. The van der Waals surface area contributed by atoms with Crippen molar-refractivity contribution in [1.29, 1.82) is 0 Å². The third-order valence-electron chi connectivity index (χ3n) is 5.50. The maximum Gasteiger partial charge on any atom is 0.225 e. The highest BCUT2D eigenvalue weighted by molar-refractivity contribution is 5.80. The molecule has 1 aliphatic rings. The van der Waals surface area contributed by atoms with Gasteiger partial charge in [0.15, 0.2) is 0 Å². The Bertz CT molecular complexity index is 945. The predicted molar refractivity (Wildman–Crippen MR) is 115 cm³/mol. The molecule has 0 spiro atoms. The van der Waals surface area contributed by atoms with E-state index in [9.17, 15) is 4.79 Å². The molecule has 1 N–H and O–H groups in total. The van der Waals surface area contributed by atoms with Gasteiger partial charge in [0.2, 0.25) is 5.91 Å². The minimum atomic E-state index is -0.0370. The molecule has 2 heterocycles. The highest BCUT2D eigenvalue weighted by Gasteiger charge is 2.27. The molecule has 1 aliphatic heterocycles. The van der Waals surface area contributed by atoms with Gasteiger partial charge in [-0.05, 0) is 25.3 Å². The maximum absolute atomic E-state index is 12.9. The molecular formula is C24H26N4O. The van der Waals surface area contributed by atoms with Crippen molar-refractivity contribution < 1.29 is 4.79 Å². The van der Waals surface area contributed by atoms with Gasteiger partial charge in [0.05, 0.1) is 17.7 Å². The lowest BCUT2D eigenvalue weighted by atomic mass is 9.96. The zero-order valence-corrected chi connectivity index (χ0v) is 16.7. The topological polar surface area (TPSA) is 58.1 Å². The lowest BCUT2D eigenvalue weighted by Crippen LogP contribution is -2.44. The molecule has 0 radical (unpaired) electrons. The second kappa shape index (κ2) is 8.86. The summed E-state index contributed by atoms with van der Waals surface area (Å²) in [6, 6.07) is 22.2. The lowest BCUT2D eigenvalue weighted by Gasteiger charge is -2.33. The van der Waals surface area contributed by atoms with Crippen molar-refractivity contribution in [2.45, 2.75) is 25.8 Å². The van der Waals surface area contributed by atoms with E-state index in [2.05, 4.69) is 20.2 Å². The van der Waals surface area contributed by atoms with Crippen LogP contribution in [-0.2, 0) is 4.79 Å². The number of nitrogens with zero attached hydrogens (tertiary/aromatic N) is 3. The van der Waals surface area contributed by atoms with Crippen LogP contribution in [0.5, 0.6) is 0 Å². The normalized spacial score (nSPS) is 17.6. The Morgan fingerprint density at radius 1 is 1.07 bits per heavy atom. The van der Waals surface area contributed by atoms with Crippen LogP contribution in [0.15, 0.2) is 73.1 Å². The molecule has 5 heteroatoms. The zero-order valence-electron chi connectivity index (χ0n) is 16.7. The first kappa shape index (κ1) is 19.1. The minimum Gasteiger partial charge on any atom is -0.356 e. The van der Waals surface area contributed by atoms with Crippen molar-refractivity contribution in [3.8, 4) is 11.3 Å². The summed E-state index contributed by atoms with van der Waals surface area (Å²) in [5.74, 6) is 0.959. The molecule has 1 saturated heterocycles. The number of amides is 1. The lowest BCUT2D eigenvalue weighted by molar-refractivity contribution is -0.125. The van der Waals surface area contributed by atoms with Crippen molar-refractivity contribution >= 4 is 11.7 Å². The number of hydrogen-bond acceptors (Lipinski definition) is 4. The maximum atomic E-state index is 12.9. The first-order valence-corrected chi connectivity index (χ1v) is 10.2. The van der Waals surface area contributed by atoms with Gasteiger partial charge in [0, 0.05) is 24.7 Å². The number of rotatable bonds is 5. The second-order valence-electron chi connectivity index (χ2n) is 7.55. The molecule has 2 unspecified atom stereocenters. The number of benzene rings is 2. The molecule has 148 valence electrons. The van der Waals surface area contributed by atoms with Gasteiger partial charge < -0.3 is 10.2 Å². The minimum absolute atomic E-state index is 0.00260. The van der Waals surface area contributed by atoms with Gasteiger partial charge >= 0.3 is 0 Å². The number of hydrogen-bond donors (Lipinski definition) is 1. The van der Waals surface area contributed by atoms with E-state index in [0.29, 0.717) is 6.54 Å². The number of aromatic nitrogens is 2. The summed E-state index contributed by atoms with van der Waals surface area (Å²) in [5, 5.41) is 3.18. The van der Waals surface area contributed by atoms with Crippen LogP contribution < -0.4 is 10.2 Å². The monoisotopic (exact) mass is 386 g/mol.